The Hall–Kier alpha value is -2.97. The number of nitrogens with zero attached hydrogens (tertiary/aromatic N) is 6. The molecule has 1 aromatic carbocycles. The standard InChI is InChI=1S/C29H39N7O/c1-3-24-26(30)31-20-32-28(24)35-11-8-23(9-12-35)27-33-25(22-6-4-21(2)5-7-22)16-36(27)15-14-34-13-10-29(17-34)18-37-19-29/h4-7,16,20,23H,3,8-15,17-19H2,1-2H3,(H2,30,31,32). The zero-order valence-corrected chi connectivity index (χ0v) is 22.2. The first-order valence-electron chi connectivity index (χ1n) is 13.8. The Balaban J connectivity index is 1.20. The molecular formula is C29H39N7O. The van der Waals surface area contributed by atoms with E-state index in [1.807, 2.05) is 0 Å². The lowest BCUT2D eigenvalue weighted by Gasteiger charge is -2.38. The van der Waals surface area contributed by atoms with Gasteiger partial charge in [0.2, 0.25) is 0 Å². The van der Waals surface area contributed by atoms with Gasteiger partial charge in [0.1, 0.15) is 23.8 Å². The van der Waals surface area contributed by atoms with Crippen molar-refractivity contribution in [2.24, 2.45) is 5.41 Å². The summed E-state index contributed by atoms with van der Waals surface area (Å²) < 4.78 is 7.97. The summed E-state index contributed by atoms with van der Waals surface area (Å²) in [5.41, 5.74) is 11.2. The molecule has 37 heavy (non-hydrogen) atoms. The summed E-state index contributed by atoms with van der Waals surface area (Å²) >= 11 is 0. The number of nitrogens with two attached hydrogens (primary N) is 1. The average molecular weight is 502 g/mol. The molecule has 0 radical (unpaired) electrons. The van der Waals surface area contributed by atoms with Crippen molar-refractivity contribution in [1.82, 2.24) is 24.4 Å². The molecule has 8 nitrogen and oxygen atoms in total. The van der Waals surface area contributed by atoms with Crippen LogP contribution in [0.3, 0.4) is 0 Å². The molecule has 0 bridgehead atoms. The van der Waals surface area contributed by atoms with Gasteiger partial charge in [0.25, 0.3) is 0 Å². The van der Waals surface area contributed by atoms with Crippen LogP contribution in [0.1, 0.15) is 49.1 Å². The van der Waals surface area contributed by atoms with Gasteiger partial charge >= 0.3 is 0 Å². The van der Waals surface area contributed by atoms with Crippen LogP contribution in [-0.2, 0) is 17.7 Å². The highest BCUT2D eigenvalue weighted by Gasteiger charge is 2.44. The molecule has 3 aromatic rings. The minimum atomic E-state index is 0.430. The fraction of sp³-hybridized carbons (Fsp3) is 0.552. The fourth-order valence-corrected chi connectivity index (χ4v) is 6.27. The van der Waals surface area contributed by atoms with Gasteiger partial charge in [0.05, 0.1) is 18.9 Å². The van der Waals surface area contributed by atoms with Crippen LogP contribution < -0.4 is 10.6 Å². The van der Waals surface area contributed by atoms with Crippen LogP contribution in [0.4, 0.5) is 11.6 Å². The van der Waals surface area contributed by atoms with Crippen LogP contribution >= 0.6 is 0 Å². The third kappa shape index (κ3) is 4.84. The Morgan fingerprint density at radius 1 is 1.05 bits per heavy atom. The van der Waals surface area contributed by atoms with Gasteiger partial charge in [-0.3, -0.25) is 0 Å². The first-order chi connectivity index (χ1) is 18.0. The molecule has 5 heterocycles. The monoisotopic (exact) mass is 501 g/mol. The van der Waals surface area contributed by atoms with Gasteiger partial charge < -0.3 is 24.8 Å². The lowest BCUT2D eigenvalue weighted by Crippen LogP contribution is -2.44. The minimum Gasteiger partial charge on any atom is -0.383 e. The molecule has 0 unspecified atom stereocenters. The van der Waals surface area contributed by atoms with Crippen molar-refractivity contribution in [3.63, 3.8) is 0 Å². The van der Waals surface area contributed by atoms with E-state index in [4.69, 9.17) is 15.5 Å². The summed E-state index contributed by atoms with van der Waals surface area (Å²) in [6, 6.07) is 8.74. The zero-order valence-electron chi connectivity index (χ0n) is 22.2. The minimum absolute atomic E-state index is 0.430. The summed E-state index contributed by atoms with van der Waals surface area (Å²) in [6.07, 6.45) is 8.10. The van der Waals surface area contributed by atoms with Crippen LogP contribution in [0.25, 0.3) is 11.3 Å². The van der Waals surface area contributed by atoms with Crippen LogP contribution in [0.5, 0.6) is 0 Å². The maximum Gasteiger partial charge on any atom is 0.137 e. The predicted molar refractivity (Wildman–Crippen MR) is 147 cm³/mol. The third-order valence-electron chi connectivity index (χ3n) is 8.61. The van der Waals surface area contributed by atoms with Crippen LogP contribution in [0.2, 0.25) is 0 Å². The molecule has 8 heteroatoms. The van der Waals surface area contributed by atoms with E-state index in [0.717, 1.165) is 75.7 Å². The van der Waals surface area contributed by atoms with E-state index in [9.17, 15) is 0 Å². The second kappa shape index (κ2) is 10.1. The lowest BCUT2D eigenvalue weighted by molar-refractivity contribution is -0.105. The van der Waals surface area contributed by atoms with E-state index < -0.39 is 0 Å². The summed E-state index contributed by atoms with van der Waals surface area (Å²) in [5.74, 6) is 3.27. The first kappa shape index (κ1) is 24.4. The highest BCUT2D eigenvalue weighted by atomic mass is 16.5. The number of ether oxygens (including phenoxy) is 1. The molecule has 6 rings (SSSR count). The number of nitrogen functional groups attached to an aromatic ring is 1. The summed E-state index contributed by atoms with van der Waals surface area (Å²) in [5, 5.41) is 0. The van der Waals surface area contributed by atoms with Crippen molar-refractivity contribution in [2.45, 2.75) is 52.0 Å². The number of likely N-dealkylation sites (tertiary alicyclic amines) is 1. The number of benzene rings is 1. The molecule has 0 amide bonds. The maximum absolute atomic E-state index is 6.16. The highest BCUT2D eigenvalue weighted by Crippen LogP contribution is 2.38. The molecule has 2 N–H and O–H groups in total. The number of piperidine rings is 1. The summed E-state index contributed by atoms with van der Waals surface area (Å²) in [4.78, 5) is 19.0. The Bertz CT molecular complexity index is 1230. The third-order valence-corrected chi connectivity index (χ3v) is 8.61. The smallest absolute Gasteiger partial charge is 0.137 e. The van der Waals surface area contributed by atoms with Crippen molar-refractivity contribution >= 4 is 11.6 Å². The second-order valence-electron chi connectivity index (χ2n) is 11.2. The quantitative estimate of drug-likeness (QED) is 0.526. The van der Waals surface area contributed by atoms with Gasteiger partial charge in [-0.2, -0.15) is 0 Å². The summed E-state index contributed by atoms with van der Waals surface area (Å²) in [7, 11) is 0. The Morgan fingerprint density at radius 3 is 2.51 bits per heavy atom. The van der Waals surface area contributed by atoms with E-state index in [2.05, 4.69) is 68.6 Å². The predicted octanol–water partition coefficient (Wildman–Crippen LogP) is 3.90. The molecule has 2 aromatic heterocycles. The van der Waals surface area contributed by atoms with Gasteiger partial charge in [-0.15, -0.1) is 0 Å². The zero-order chi connectivity index (χ0) is 25.4. The molecule has 3 fully saturated rings. The molecule has 3 aliphatic heterocycles. The maximum atomic E-state index is 6.16. The molecule has 0 aliphatic carbocycles. The van der Waals surface area contributed by atoms with Crippen molar-refractivity contribution in [2.75, 3.05) is 56.6 Å². The van der Waals surface area contributed by atoms with Crippen molar-refractivity contribution in [3.05, 3.63) is 53.7 Å². The molecule has 0 atom stereocenters. The van der Waals surface area contributed by atoms with Crippen LogP contribution in [0, 0.1) is 12.3 Å². The number of rotatable bonds is 7. The number of hydrogen-bond acceptors (Lipinski definition) is 7. The van der Waals surface area contributed by atoms with Crippen LogP contribution in [-0.4, -0.2) is 70.4 Å². The van der Waals surface area contributed by atoms with E-state index >= 15 is 0 Å². The molecular weight excluding hydrogens is 462 g/mol. The molecule has 196 valence electrons. The van der Waals surface area contributed by atoms with Crippen LogP contribution in [0.15, 0.2) is 36.8 Å². The van der Waals surface area contributed by atoms with Crippen molar-refractivity contribution in [3.8, 4) is 11.3 Å². The molecule has 0 saturated carbocycles. The number of imidazole rings is 1. The Labute approximate surface area is 219 Å². The number of aromatic nitrogens is 4. The first-order valence-corrected chi connectivity index (χ1v) is 13.8. The summed E-state index contributed by atoms with van der Waals surface area (Å²) in [6.45, 7) is 12.4. The molecule has 3 aliphatic rings. The average Bonchev–Trinajstić information content (AvgIpc) is 3.53. The second-order valence-corrected chi connectivity index (χ2v) is 11.2. The van der Waals surface area contributed by atoms with Gasteiger partial charge in [0, 0.05) is 61.4 Å². The largest absolute Gasteiger partial charge is 0.383 e. The van der Waals surface area contributed by atoms with E-state index in [1.165, 1.54) is 36.5 Å². The topological polar surface area (TPSA) is 85.3 Å². The molecule has 1 spiro atoms. The molecule has 3 saturated heterocycles. The Kier molecular flexibility index (Phi) is 6.63. The van der Waals surface area contributed by atoms with E-state index in [-0.39, 0.29) is 0 Å². The normalized spacial score (nSPS) is 20.0. The van der Waals surface area contributed by atoms with E-state index in [0.29, 0.717) is 17.2 Å². The number of hydrogen-bond donors (Lipinski definition) is 1. The van der Waals surface area contributed by atoms with E-state index in [1.54, 1.807) is 6.33 Å². The van der Waals surface area contributed by atoms with Crippen molar-refractivity contribution < 1.29 is 4.74 Å². The van der Waals surface area contributed by atoms with Gasteiger partial charge in [-0.1, -0.05) is 36.8 Å². The van der Waals surface area contributed by atoms with Gasteiger partial charge in [-0.25, -0.2) is 15.0 Å². The lowest BCUT2D eigenvalue weighted by atomic mass is 9.85. The van der Waals surface area contributed by atoms with Crippen molar-refractivity contribution in [1.29, 1.82) is 0 Å². The highest BCUT2D eigenvalue weighted by molar-refractivity contribution is 5.59. The fourth-order valence-electron chi connectivity index (χ4n) is 6.27. The SMILES string of the molecule is CCc1c(N)ncnc1N1CCC(c2nc(-c3ccc(C)cc3)cn2CCN2CCC3(COC3)C2)CC1. The Morgan fingerprint density at radius 2 is 1.84 bits per heavy atom. The van der Waals surface area contributed by atoms with Gasteiger partial charge in [-0.05, 0) is 39.2 Å². The van der Waals surface area contributed by atoms with Gasteiger partial charge in [0.15, 0.2) is 0 Å². The number of anilines is 2. The number of aryl methyl sites for hydroxylation is 1.